The Morgan fingerprint density at radius 1 is 1.00 bits per heavy atom. The largest absolute Gasteiger partial charge is 0.496 e. The van der Waals surface area contributed by atoms with Gasteiger partial charge in [-0.15, -0.1) is 0 Å². The van der Waals surface area contributed by atoms with Crippen molar-refractivity contribution in [2.75, 3.05) is 33.5 Å². The van der Waals surface area contributed by atoms with Gasteiger partial charge in [0, 0.05) is 31.6 Å². The molecule has 1 aliphatic rings. The zero-order valence-electron chi connectivity index (χ0n) is 18.8. The molecule has 0 unspecified atom stereocenters. The van der Waals surface area contributed by atoms with Gasteiger partial charge in [0.25, 0.3) is 0 Å². The normalized spacial score (nSPS) is 15.1. The van der Waals surface area contributed by atoms with Gasteiger partial charge >= 0.3 is 5.97 Å². The molecule has 6 nitrogen and oxygen atoms in total. The third kappa shape index (κ3) is 6.12. The van der Waals surface area contributed by atoms with Gasteiger partial charge in [0.1, 0.15) is 18.1 Å². The molecule has 3 aromatic carbocycles. The fourth-order valence-corrected chi connectivity index (χ4v) is 4.10. The van der Waals surface area contributed by atoms with Gasteiger partial charge in [-0.3, -0.25) is 4.90 Å². The summed E-state index contributed by atoms with van der Waals surface area (Å²) < 4.78 is 17.3. The van der Waals surface area contributed by atoms with E-state index < -0.39 is 5.97 Å². The number of aromatic carboxylic acids is 1. The number of carboxylic acids is 1. The van der Waals surface area contributed by atoms with Crippen LogP contribution >= 0.6 is 0 Å². The van der Waals surface area contributed by atoms with Crippen molar-refractivity contribution in [3.63, 3.8) is 0 Å². The van der Waals surface area contributed by atoms with Crippen LogP contribution in [0.2, 0.25) is 0 Å². The molecule has 4 rings (SSSR count). The van der Waals surface area contributed by atoms with Crippen LogP contribution in [0, 0.1) is 0 Å². The average Bonchev–Trinajstić information content (AvgIpc) is 2.82. The van der Waals surface area contributed by atoms with Gasteiger partial charge in [-0.05, 0) is 41.0 Å². The Labute approximate surface area is 194 Å². The van der Waals surface area contributed by atoms with E-state index in [1.54, 1.807) is 25.3 Å². The number of carbonyl (C=O) groups is 1. The van der Waals surface area contributed by atoms with Gasteiger partial charge in [-0.2, -0.15) is 0 Å². The SMILES string of the molecule is COc1ccccc1CN1CCOCCOc2ccc(C(=O)O)cc2Cc2cccc(c2)C1. The monoisotopic (exact) mass is 447 g/mol. The smallest absolute Gasteiger partial charge is 0.335 e. The lowest BCUT2D eigenvalue weighted by Crippen LogP contribution is -2.28. The second kappa shape index (κ2) is 11.0. The van der Waals surface area contributed by atoms with Gasteiger partial charge in [0.15, 0.2) is 0 Å². The minimum atomic E-state index is -0.943. The molecule has 1 aliphatic heterocycles. The lowest BCUT2D eigenvalue weighted by atomic mass is 10.00. The second-order valence-corrected chi connectivity index (χ2v) is 8.11. The Bertz CT molecular complexity index is 1100. The quantitative estimate of drug-likeness (QED) is 0.640. The molecule has 1 N–H and O–H groups in total. The summed E-state index contributed by atoms with van der Waals surface area (Å²) in [6, 6.07) is 21.5. The summed E-state index contributed by atoms with van der Waals surface area (Å²) in [5.41, 5.74) is 4.56. The van der Waals surface area contributed by atoms with E-state index in [0.29, 0.717) is 32.0 Å². The maximum atomic E-state index is 11.5. The van der Waals surface area contributed by atoms with E-state index in [1.165, 1.54) is 5.56 Å². The van der Waals surface area contributed by atoms with E-state index in [9.17, 15) is 9.90 Å². The molecule has 3 aromatic rings. The fourth-order valence-electron chi connectivity index (χ4n) is 4.10. The van der Waals surface area contributed by atoms with E-state index in [2.05, 4.69) is 35.2 Å². The molecule has 33 heavy (non-hydrogen) atoms. The van der Waals surface area contributed by atoms with Gasteiger partial charge in [0.05, 0.1) is 25.9 Å². The van der Waals surface area contributed by atoms with Crippen LogP contribution < -0.4 is 9.47 Å². The van der Waals surface area contributed by atoms with Crippen LogP contribution in [-0.4, -0.2) is 49.5 Å². The Morgan fingerprint density at radius 2 is 1.85 bits per heavy atom. The van der Waals surface area contributed by atoms with Crippen molar-refractivity contribution in [2.24, 2.45) is 0 Å². The number of methoxy groups -OCH3 is 1. The van der Waals surface area contributed by atoms with Crippen molar-refractivity contribution in [1.82, 2.24) is 4.90 Å². The van der Waals surface area contributed by atoms with Gasteiger partial charge in [0.2, 0.25) is 0 Å². The number of benzene rings is 3. The van der Waals surface area contributed by atoms with Crippen LogP contribution in [0.5, 0.6) is 11.5 Å². The first-order valence-corrected chi connectivity index (χ1v) is 11.1. The zero-order valence-corrected chi connectivity index (χ0v) is 18.8. The highest BCUT2D eigenvalue weighted by molar-refractivity contribution is 5.88. The van der Waals surface area contributed by atoms with Crippen LogP contribution in [0.4, 0.5) is 0 Å². The van der Waals surface area contributed by atoms with Crippen LogP contribution in [0.1, 0.15) is 32.6 Å². The molecule has 172 valence electrons. The minimum Gasteiger partial charge on any atom is -0.496 e. The molecule has 0 radical (unpaired) electrons. The molecular weight excluding hydrogens is 418 g/mol. The highest BCUT2D eigenvalue weighted by atomic mass is 16.5. The van der Waals surface area contributed by atoms with Crippen molar-refractivity contribution in [3.05, 3.63) is 94.5 Å². The topological polar surface area (TPSA) is 68.2 Å². The van der Waals surface area contributed by atoms with Gasteiger partial charge < -0.3 is 19.3 Å². The maximum absolute atomic E-state index is 11.5. The Morgan fingerprint density at radius 3 is 2.70 bits per heavy atom. The number of para-hydroxylation sites is 1. The molecular formula is C27H29NO5. The summed E-state index contributed by atoms with van der Waals surface area (Å²) in [4.78, 5) is 13.8. The summed E-state index contributed by atoms with van der Waals surface area (Å²) in [5.74, 6) is 0.635. The Balaban J connectivity index is 1.61. The van der Waals surface area contributed by atoms with Crippen LogP contribution in [0.15, 0.2) is 66.7 Å². The first-order valence-electron chi connectivity index (χ1n) is 11.1. The lowest BCUT2D eigenvalue weighted by molar-refractivity contribution is 0.0695. The standard InChI is InChI=1S/C27H29NO5/c1-31-25-8-3-2-7-23(25)19-28-11-12-32-13-14-33-26-10-9-22(27(29)30)17-24(26)16-20-5-4-6-21(15-20)18-28/h2-10,15,17H,11-14,16,18-19H2,1H3,(H,29,30). The highest BCUT2D eigenvalue weighted by Gasteiger charge is 2.14. The van der Waals surface area contributed by atoms with E-state index in [-0.39, 0.29) is 5.56 Å². The predicted octanol–water partition coefficient (Wildman–Crippen LogP) is 4.40. The molecule has 2 bridgehead atoms. The first-order chi connectivity index (χ1) is 16.1. The number of hydrogen-bond acceptors (Lipinski definition) is 5. The third-order valence-corrected chi connectivity index (χ3v) is 5.72. The summed E-state index contributed by atoms with van der Waals surface area (Å²) in [7, 11) is 1.70. The summed E-state index contributed by atoms with van der Waals surface area (Å²) in [5, 5.41) is 9.41. The van der Waals surface area contributed by atoms with Crippen LogP contribution in [-0.2, 0) is 24.2 Å². The zero-order chi connectivity index (χ0) is 23.0. The number of fused-ring (bicyclic) bond motifs is 3. The van der Waals surface area contributed by atoms with Crippen molar-refractivity contribution in [1.29, 1.82) is 0 Å². The second-order valence-electron chi connectivity index (χ2n) is 8.11. The van der Waals surface area contributed by atoms with Crippen molar-refractivity contribution in [2.45, 2.75) is 19.5 Å². The van der Waals surface area contributed by atoms with E-state index >= 15 is 0 Å². The summed E-state index contributed by atoms with van der Waals surface area (Å²) in [6.07, 6.45) is 0.595. The van der Waals surface area contributed by atoms with E-state index in [1.807, 2.05) is 18.2 Å². The molecule has 0 spiro atoms. The van der Waals surface area contributed by atoms with E-state index in [0.717, 1.165) is 42.1 Å². The number of hydrogen-bond donors (Lipinski definition) is 1. The van der Waals surface area contributed by atoms with Gasteiger partial charge in [-0.1, -0.05) is 42.5 Å². The maximum Gasteiger partial charge on any atom is 0.335 e. The van der Waals surface area contributed by atoms with Gasteiger partial charge in [-0.25, -0.2) is 4.79 Å². The number of ether oxygens (including phenoxy) is 3. The van der Waals surface area contributed by atoms with Crippen LogP contribution in [0.25, 0.3) is 0 Å². The molecule has 0 saturated carbocycles. The fraction of sp³-hybridized carbons (Fsp3) is 0.296. The minimum absolute atomic E-state index is 0.258. The number of carboxylic acid groups (broad SMARTS) is 1. The predicted molar refractivity (Wildman–Crippen MR) is 126 cm³/mol. The molecule has 6 heteroatoms. The third-order valence-electron chi connectivity index (χ3n) is 5.72. The number of nitrogens with zero attached hydrogens (tertiary/aromatic N) is 1. The molecule has 0 saturated heterocycles. The lowest BCUT2D eigenvalue weighted by Gasteiger charge is -2.24. The first kappa shape index (κ1) is 22.8. The molecule has 0 aromatic heterocycles. The number of rotatable bonds is 4. The molecule has 0 atom stereocenters. The Hall–Kier alpha value is -3.35. The Kier molecular flexibility index (Phi) is 7.60. The van der Waals surface area contributed by atoms with Crippen LogP contribution in [0.3, 0.4) is 0 Å². The molecule has 0 amide bonds. The van der Waals surface area contributed by atoms with Crippen molar-refractivity contribution < 1.29 is 24.1 Å². The molecule has 0 fully saturated rings. The summed E-state index contributed by atoms with van der Waals surface area (Å²) in [6.45, 7) is 3.76. The highest BCUT2D eigenvalue weighted by Crippen LogP contribution is 2.25. The molecule has 1 heterocycles. The molecule has 0 aliphatic carbocycles. The van der Waals surface area contributed by atoms with Crippen molar-refractivity contribution in [3.8, 4) is 11.5 Å². The van der Waals surface area contributed by atoms with Crippen molar-refractivity contribution >= 4 is 5.97 Å². The van der Waals surface area contributed by atoms with E-state index in [4.69, 9.17) is 14.2 Å². The summed E-state index contributed by atoms with van der Waals surface area (Å²) >= 11 is 0. The average molecular weight is 448 g/mol.